The van der Waals surface area contributed by atoms with Gasteiger partial charge in [0.2, 0.25) is 0 Å². The van der Waals surface area contributed by atoms with Gasteiger partial charge in [0.1, 0.15) is 0 Å². The van der Waals surface area contributed by atoms with Crippen LogP contribution >= 0.6 is 0 Å². The lowest BCUT2D eigenvalue weighted by atomic mass is 9.83. The minimum atomic E-state index is 0.303. The van der Waals surface area contributed by atoms with Gasteiger partial charge < -0.3 is 4.57 Å². The molecule has 11 rings (SSSR count). The molecular formula is C58H43N. The predicted octanol–water partition coefficient (Wildman–Crippen LogP) is 15.6. The topological polar surface area (TPSA) is 4.93 Å². The van der Waals surface area contributed by atoms with E-state index < -0.39 is 0 Å². The highest BCUT2D eigenvalue weighted by Crippen LogP contribution is 2.45. The summed E-state index contributed by atoms with van der Waals surface area (Å²) in [4.78, 5) is 0. The van der Waals surface area contributed by atoms with Crippen molar-refractivity contribution in [2.24, 2.45) is 0 Å². The maximum Gasteiger partial charge on any atom is 0.0537 e. The second-order valence-electron chi connectivity index (χ2n) is 16.2. The number of hydrogen-bond donors (Lipinski definition) is 0. The van der Waals surface area contributed by atoms with Gasteiger partial charge in [-0.15, -0.1) is 0 Å². The van der Waals surface area contributed by atoms with E-state index in [9.17, 15) is 0 Å². The molecule has 0 spiro atoms. The molecule has 59 heavy (non-hydrogen) atoms. The molecule has 1 aliphatic carbocycles. The van der Waals surface area contributed by atoms with Crippen LogP contribution in [0.5, 0.6) is 0 Å². The first-order chi connectivity index (χ1) is 29.1. The first kappa shape index (κ1) is 35.0. The normalized spacial score (nSPS) is 13.6. The zero-order valence-corrected chi connectivity index (χ0v) is 33.4. The average molecular weight is 754 g/mol. The van der Waals surface area contributed by atoms with Crippen molar-refractivity contribution in [1.82, 2.24) is 4.57 Å². The van der Waals surface area contributed by atoms with Gasteiger partial charge in [-0.1, -0.05) is 193 Å². The van der Waals surface area contributed by atoms with Crippen LogP contribution in [0, 0.1) is 13.8 Å². The van der Waals surface area contributed by atoms with Crippen LogP contribution < -0.4 is 0 Å². The molecule has 0 aliphatic heterocycles. The highest BCUT2D eigenvalue weighted by Gasteiger charge is 2.24. The van der Waals surface area contributed by atoms with E-state index in [0.29, 0.717) is 5.92 Å². The predicted molar refractivity (Wildman–Crippen MR) is 251 cm³/mol. The maximum absolute atomic E-state index is 2.42. The lowest BCUT2D eigenvalue weighted by Crippen LogP contribution is -2.07. The third kappa shape index (κ3) is 6.10. The van der Waals surface area contributed by atoms with E-state index in [1.165, 1.54) is 111 Å². The smallest absolute Gasteiger partial charge is 0.0537 e. The lowest BCUT2D eigenvalue weighted by molar-refractivity contribution is 0.825. The van der Waals surface area contributed by atoms with Gasteiger partial charge in [-0.25, -0.2) is 0 Å². The number of benzene rings is 9. The molecule has 0 amide bonds. The van der Waals surface area contributed by atoms with Crippen LogP contribution in [0.15, 0.2) is 200 Å². The quantitative estimate of drug-likeness (QED) is 0.149. The molecule has 9 aromatic carbocycles. The standard InChI is InChI=1S/C58H43N/c1-38-18-33-51-53(35-38)57(45-27-23-43(24-28-45)42-21-19-41(20-22-42)40-11-5-3-6-12-40)50-32-17-39(2)36-54(50)58(51)46-29-25-44(26-30-46)47-31-34-56-52(37-47)49-15-9-10-16-55(49)59(56)48-13-7-4-8-14-48/h3-36,47H,37H2,1-2H3. The Labute approximate surface area is 346 Å². The summed E-state index contributed by atoms with van der Waals surface area (Å²) in [5, 5.41) is 6.49. The lowest BCUT2D eigenvalue weighted by Gasteiger charge is -2.21. The summed E-state index contributed by atoms with van der Waals surface area (Å²) in [5.74, 6) is 0.303. The molecule has 0 N–H and O–H groups in total. The molecule has 10 aromatic rings. The fraction of sp³-hybridized carbons (Fsp3) is 0.0690. The molecule has 0 fully saturated rings. The Morgan fingerprint density at radius 1 is 0.407 bits per heavy atom. The van der Waals surface area contributed by atoms with Crippen LogP contribution in [0.25, 0.3) is 88.7 Å². The van der Waals surface area contributed by atoms with Crippen molar-refractivity contribution in [2.45, 2.75) is 26.2 Å². The Balaban J connectivity index is 0.969. The highest BCUT2D eigenvalue weighted by molar-refractivity contribution is 6.21. The van der Waals surface area contributed by atoms with Crippen molar-refractivity contribution in [2.75, 3.05) is 0 Å². The zero-order chi connectivity index (χ0) is 39.5. The van der Waals surface area contributed by atoms with Crippen LogP contribution in [0.2, 0.25) is 0 Å². The fourth-order valence-electron chi connectivity index (χ4n) is 9.59. The van der Waals surface area contributed by atoms with Crippen molar-refractivity contribution in [3.8, 4) is 50.2 Å². The Hall–Kier alpha value is -7.22. The number of allylic oxidation sites excluding steroid dienone is 1. The molecule has 0 saturated carbocycles. The van der Waals surface area contributed by atoms with Crippen molar-refractivity contribution in [1.29, 1.82) is 0 Å². The molecule has 0 saturated heterocycles. The van der Waals surface area contributed by atoms with Crippen LogP contribution in [0.3, 0.4) is 0 Å². The molecule has 1 aromatic heterocycles. The third-order valence-electron chi connectivity index (χ3n) is 12.5. The summed E-state index contributed by atoms with van der Waals surface area (Å²) in [7, 11) is 0. The van der Waals surface area contributed by atoms with E-state index in [4.69, 9.17) is 0 Å². The molecule has 1 atom stereocenters. The Bertz CT molecular complexity index is 3200. The van der Waals surface area contributed by atoms with Gasteiger partial charge in [0.25, 0.3) is 0 Å². The second-order valence-corrected chi connectivity index (χ2v) is 16.2. The molecular weight excluding hydrogens is 711 g/mol. The number of hydrogen-bond acceptors (Lipinski definition) is 0. The van der Waals surface area contributed by atoms with Crippen molar-refractivity contribution >= 4 is 38.5 Å². The van der Waals surface area contributed by atoms with Crippen LogP contribution in [-0.4, -0.2) is 4.57 Å². The molecule has 1 nitrogen and oxygen atoms in total. The Morgan fingerprint density at radius 3 is 1.46 bits per heavy atom. The molecule has 1 heteroatoms. The summed E-state index contributed by atoms with van der Waals surface area (Å²) in [6.45, 7) is 4.42. The summed E-state index contributed by atoms with van der Waals surface area (Å²) in [6.07, 6.45) is 5.73. The van der Waals surface area contributed by atoms with Crippen LogP contribution in [0.1, 0.15) is 33.9 Å². The van der Waals surface area contributed by atoms with Gasteiger partial charge in [-0.3, -0.25) is 0 Å². The first-order valence-corrected chi connectivity index (χ1v) is 20.8. The fourth-order valence-corrected chi connectivity index (χ4v) is 9.59. The largest absolute Gasteiger partial charge is 0.310 e. The Morgan fingerprint density at radius 2 is 0.881 bits per heavy atom. The second kappa shape index (κ2) is 14.3. The van der Waals surface area contributed by atoms with Gasteiger partial charge in [0.05, 0.1) is 5.52 Å². The van der Waals surface area contributed by atoms with Crippen molar-refractivity contribution in [3.05, 3.63) is 228 Å². The summed E-state index contributed by atoms with van der Waals surface area (Å²) in [6, 6.07) is 71.7. The first-order valence-electron chi connectivity index (χ1n) is 20.8. The highest BCUT2D eigenvalue weighted by atomic mass is 15.0. The minimum Gasteiger partial charge on any atom is -0.310 e. The van der Waals surface area contributed by atoms with E-state index in [0.717, 1.165) is 6.42 Å². The third-order valence-corrected chi connectivity index (χ3v) is 12.5. The molecule has 280 valence electrons. The van der Waals surface area contributed by atoms with Crippen molar-refractivity contribution in [3.63, 3.8) is 0 Å². The van der Waals surface area contributed by atoms with Gasteiger partial charge in [-0.2, -0.15) is 0 Å². The maximum atomic E-state index is 2.42. The molecule has 0 radical (unpaired) electrons. The number of aromatic nitrogens is 1. The van der Waals surface area contributed by atoms with E-state index in [1.54, 1.807) is 0 Å². The van der Waals surface area contributed by atoms with Gasteiger partial charge >= 0.3 is 0 Å². The van der Waals surface area contributed by atoms with Crippen LogP contribution in [0.4, 0.5) is 0 Å². The molecule has 1 unspecified atom stereocenters. The average Bonchev–Trinajstić information content (AvgIpc) is 3.63. The number of para-hydroxylation sites is 2. The van der Waals surface area contributed by atoms with Gasteiger partial charge in [0.15, 0.2) is 0 Å². The van der Waals surface area contributed by atoms with E-state index >= 15 is 0 Å². The molecule has 0 bridgehead atoms. The SMILES string of the molecule is Cc1ccc2c(-c3ccc(C4C=Cc5c(c6ccccc6n5-c5ccccc5)C4)cc3)c3cc(C)ccc3c(-c3ccc(-c4ccc(-c5ccccc5)cc4)cc3)c2c1. The number of nitrogens with zero attached hydrogens (tertiary/aromatic N) is 1. The minimum absolute atomic E-state index is 0.303. The van der Waals surface area contributed by atoms with Crippen molar-refractivity contribution < 1.29 is 0 Å². The van der Waals surface area contributed by atoms with E-state index in [2.05, 4.69) is 225 Å². The summed E-state index contributed by atoms with van der Waals surface area (Å²) < 4.78 is 2.42. The van der Waals surface area contributed by atoms with E-state index in [-0.39, 0.29) is 0 Å². The Kier molecular flexibility index (Phi) is 8.48. The molecule has 1 aliphatic rings. The van der Waals surface area contributed by atoms with E-state index in [1.807, 2.05) is 0 Å². The van der Waals surface area contributed by atoms with Gasteiger partial charge in [-0.05, 0) is 122 Å². The monoisotopic (exact) mass is 753 g/mol. The van der Waals surface area contributed by atoms with Gasteiger partial charge in [0, 0.05) is 22.7 Å². The number of fused-ring (bicyclic) bond motifs is 5. The molecule has 1 heterocycles. The number of aryl methyl sites for hydroxylation is 2. The van der Waals surface area contributed by atoms with Crippen LogP contribution in [-0.2, 0) is 6.42 Å². The summed E-state index contributed by atoms with van der Waals surface area (Å²) in [5.41, 5.74) is 19.1. The number of rotatable bonds is 6. The summed E-state index contributed by atoms with van der Waals surface area (Å²) >= 11 is 0. The zero-order valence-electron chi connectivity index (χ0n) is 33.4.